The topological polar surface area (TPSA) is 84.4 Å². The van der Waals surface area contributed by atoms with Crippen LogP contribution >= 0.6 is 0 Å². The molecule has 2 aromatic rings. The van der Waals surface area contributed by atoms with E-state index >= 15 is 0 Å². The average molecular weight is 525 g/mol. The molecule has 4 rings (SSSR count). The van der Waals surface area contributed by atoms with Crippen LogP contribution in [0.1, 0.15) is 42.6 Å². The zero-order valence-corrected chi connectivity index (χ0v) is 23.0. The third-order valence-corrected chi connectivity index (χ3v) is 7.14. The highest BCUT2D eigenvalue weighted by Crippen LogP contribution is 2.28. The number of likely N-dealkylation sites (N-methyl/N-ethyl adjacent to an activating group) is 1. The molecule has 0 saturated carbocycles. The minimum atomic E-state index is -0.234. The summed E-state index contributed by atoms with van der Waals surface area (Å²) in [6.07, 6.45) is 3.09. The summed E-state index contributed by atoms with van der Waals surface area (Å²) in [5, 5.41) is 0. The number of amides is 2. The summed E-state index contributed by atoms with van der Waals surface area (Å²) in [5.41, 5.74) is 3.30. The van der Waals surface area contributed by atoms with E-state index in [0.717, 1.165) is 61.6 Å². The predicted molar refractivity (Wildman–Crippen MR) is 145 cm³/mol. The van der Waals surface area contributed by atoms with Gasteiger partial charge < -0.3 is 28.9 Å². The van der Waals surface area contributed by atoms with E-state index in [4.69, 9.17) is 14.2 Å². The number of pyridine rings is 1. The summed E-state index contributed by atoms with van der Waals surface area (Å²) in [6, 6.07) is 9.74. The maximum absolute atomic E-state index is 12.8. The number of piperazine rings is 1. The summed E-state index contributed by atoms with van der Waals surface area (Å²) in [4.78, 5) is 35.5. The van der Waals surface area contributed by atoms with E-state index in [1.165, 1.54) is 0 Å². The number of hydrogen-bond acceptors (Lipinski definition) is 7. The first-order valence-corrected chi connectivity index (χ1v) is 13.5. The van der Waals surface area contributed by atoms with E-state index in [1.807, 2.05) is 49.1 Å². The van der Waals surface area contributed by atoms with Crippen molar-refractivity contribution >= 4 is 12.0 Å². The van der Waals surface area contributed by atoms with Crippen LogP contribution in [0.15, 0.2) is 36.5 Å². The third-order valence-electron chi connectivity index (χ3n) is 7.14. The molecule has 2 aliphatic heterocycles. The van der Waals surface area contributed by atoms with Crippen LogP contribution in [0.4, 0.5) is 4.79 Å². The Labute approximate surface area is 225 Å². The van der Waals surface area contributed by atoms with Crippen LogP contribution in [0.2, 0.25) is 0 Å². The summed E-state index contributed by atoms with van der Waals surface area (Å²) in [7, 11) is 3.74. The molecule has 2 aliphatic rings. The van der Waals surface area contributed by atoms with Gasteiger partial charge >= 0.3 is 6.09 Å². The van der Waals surface area contributed by atoms with Gasteiger partial charge in [0.15, 0.2) is 0 Å². The molecule has 2 fully saturated rings. The molecule has 0 radical (unpaired) electrons. The molecule has 0 aliphatic carbocycles. The molecule has 0 bridgehead atoms. The van der Waals surface area contributed by atoms with E-state index in [-0.39, 0.29) is 18.1 Å². The average Bonchev–Trinajstić information content (AvgIpc) is 2.92. The standard InChI is InChI=1S/C29H40N4O5/c1-21(2)38-29(35)33-11-9-22(10-12-33)19-37-27-8-6-23(17-25(27)20-36-4)26-7-5-24(18-30-26)28(34)32-15-13-31(3)14-16-32/h5-8,17-18,21-22H,9-16,19-20H2,1-4H3. The van der Waals surface area contributed by atoms with Crippen molar-refractivity contribution in [2.24, 2.45) is 5.92 Å². The van der Waals surface area contributed by atoms with Crippen molar-refractivity contribution in [3.05, 3.63) is 47.7 Å². The maximum atomic E-state index is 12.8. The summed E-state index contributed by atoms with van der Waals surface area (Å²) in [6.45, 7) is 9.36. The number of rotatable bonds is 8. The van der Waals surface area contributed by atoms with Gasteiger partial charge in [-0.3, -0.25) is 9.78 Å². The van der Waals surface area contributed by atoms with E-state index in [1.54, 1.807) is 18.2 Å². The van der Waals surface area contributed by atoms with Crippen molar-refractivity contribution in [3.63, 3.8) is 0 Å². The largest absolute Gasteiger partial charge is 0.493 e. The Morgan fingerprint density at radius 2 is 1.74 bits per heavy atom. The van der Waals surface area contributed by atoms with E-state index < -0.39 is 0 Å². The van der Waals surface area contributed by atoms with E-state index in [2.05, 4.69) is 16.9 Å². The number of methoxy groups -OCH3 is 1. The van der Waals surface area contributed by atoms with E-state index in [0.29, 0.717) is 37.8 Å². The van der Waals surface area contributed by atoms with Crippen molar-refractivity contribution in [1.82, 2.24) is 19.7 Å². The Kier molecular flexibility index (Phi) is 9.58. The number of carbonyl (C=O) groups excluding carboxylic acids is 2. The van der Waals surface area contributed by atoms with Gasteiger partial charge in [-0.15, -0.1) is 0 Å². The van der Waals surface area contributed by atoms with Gasteiger partial charge in [0, 0.05) is 63.7 Å². The molecule has 0 N–H and O–H groups in total. The van der Waals surface area contributed by atoms with E-state index in [9.17, 15) is 9.59 Å². The van der Waals surface area contributed by atoms with Crippen LogP contribution in [0.25, 0.3) is 11.3 Å². The molecule has 9 nitrogen and oxygen atoms in total. The fourth-order valence-corrected chi connectivity index (χ4v) is 4.80. The molecule has 3 heterocycles. The molecular weight excluding hydrogens is 484 g/mol. The van der Waals surface area contributed by atoms with Gasteiger partial charge in [-0.25, -0.2) is 4.79 Å². The van der Waals surface area contributed by atoms with Crippen molar-refractivity contribution in [1.29, 1.82) is 0 Å². The normalized spacial score (nSPS) is 17.1. The molecule has 1 aromatic carbocycles. The molecule has 0 unspecified atom stereocenters. The van der Waals surface area contributed by atoms with Crippen molar-refractivity contribution in [2.45, 2.75) is 39.4 Å². The van der Waals surface area contributed by atoms with Gasteiger partial charge in [0.05, 0.1) is 30.6 Å². The monoisotopic (exact) mass is 524 g/mol. The number of carbonyl (C=O) groups is 2. The van der Waals surface area contributed by atoms with Crippen LogP contribution in [-0.4, -0.2) is 97.8 Å². The maximum Gasteiger partial charge on any atom is 0.410 e. The molecule has 1 aromatic heterocycles. The molecule has 2 amide bonds. The summed E-state index contributed by atoms with van der Waals surface area (Å²) in [5.74, 6) is 1.20. The van der Waals surface area contributed by atoms with Crippen molar-refractivity contribution in [3.8, 4) is 17.0 Å². The first-order chi connectivity index (χ1) is 18.3. The van der Waals surface area contributed by atoms with Gasteiger partial charge in [-0.05, 0) is 70.0 Å². The molecule has 9 heteroatoms. The number of ether oxygens (including phenoxy) is 3. The number of nitrogens with zero attached hydrogens (tertiary/aromatic N) is 4. The lowest BCUT2D eigenvalue weighted by atomic mass is 9.98. The molecule has 206 valence electrons. The Balaban J connectivity index is 1.35. The van der Waals surface area contributed by atoms with Crippen LogP contribution in [-0.2, 0) is 16.1 Å². The second-order valence-corrected chi connectivity index (χ2v) is 10.5. The highest BCUT2D eigenvalue weighted by atomic mass is 16.6. The van der Waals surface area contributed by atoms with Crippen LogP contribution in [0.3, 0.4) is 0 Å². The minimum absolute atomic E-state index is 0.0311. The molecule has 0 spiro atoms. The van der Waals surface area contributed by atoms with Crippen molar-refractivity contribution < 1.29 is 23.8 Å². The highest BCUT2D eigenvalue weighted by Gasteiger charge is 2.25. The fourth-order valence-electron chi connectivity index (χ4n) is 4.80. The Hall–Kier alpha value is -3.17. The predicted octanol–water partition coefficient (Wildman–Crippen LogP) is 3.92. The lowest BCUT2D eigenvalue weighted by Gasteiger charge is -2.32. The van der Waals surface area contributed by atoms with Gasteiger partial charge in [-0.1, -0.05) is 0 Å². The highest BCUT2D eigenvalue weighted by molar-refractivity contribution is 5.94. The number of hydrogen-bond donors (Lipinski definition) is 0. The molecule has 0 atom stereocenters. The SMILES string of the molecule is COCc1cc(-c2ccc(C(=O)N3CCN(C)CC3)cn2)ccc1OCC1CCN(C(=O)OC(C)C)CC1. The first kappa shape index (κ1) is 27.9. The lowest BCUT2D eigenvalue weighted by molar-refractivity contribution is 0.0606. The second kappa shape index (κ2) is 13.1. The summed E-state index contributed by atoms with van der Waals surface area (Å²) >= 11 is 0. The fraction of sp³-hybridized carbons (Fsp3) is 0.552. The Morgan fingerprint density at radius 1 is 1.00 bits per heavy atom. The Bertz CT molecular complexity index is 1070. The van der Waals surface area contributed by atoms with Crippen LogP contribution < -0.4 is 4.74 Å². The van der Waals surface area contributed by atoms with Crippen LogP contribution in [0.5, 0.6) is 5.75 Å². The number of benzene rings is 1. The zero-order chi connectivity index (χ0) is 27.1. The lowest BCUT2D eigenvalue weighted by Crippen LogP contribution is -2.47. The number of likely N-dealkylation sites (tertiary alicyclic amines) is 1. The van der Waals surface area contributed by atoms with Gasteiger partial charge in [0.1, 0.15) is 5.75 Å². The molecule has 38 heavy (non-hydrogen) atoms. The number of piperidine rings is 1. The minimum Gasteiger partial charge on any atom is -0.493 e. The first-order valence-electron chi connectivity index (χ1n) is 13.5. The van der Waals surface area contributed by atoms with Crippen molar-refractivity contribution in [2.75, 3.05) is 60.0 Å². The molecule has 2 saturated heterocycles. The second-order valence-electron chi connectivity index (χ2n) is 10.5. The Morgan fingerprint density at radius 3 is 2.37 bits per heavy atom. The summed E-state index contributed by atoms with van der Waals surface area (Å²) < 4.78 is 17.0. The number of aromatic nitrogens is 1. The third kappa shape index (κ3) is 7.23. The van der Waals surface area contributed by atoms with Gasteiger partial charge in [0.25, 0.3) is 5.91 Å². The van der Waals surface area contributed by atoms with Gasteiger partial charge in [0.2, 0.25) is 0 Å². The van der Waals surface area contributed by atoms with Gasteiger partial charge in [-0.2, -0.15) is 0 Å². The quantitative estimate of drug-likeness (QED) is 0.518. The smallest absolute Gasteiger partial charge is 0.410 e. The zero-order valence-electron chi connectivity index (χ0n) is 23.0. The molecular formula is C29H40N4O5. The van der Waals surface area contributed by atoms with Crippen LogP contribution in [0, 0.1) is 5.92 Å².